The van der Waals surface area contributed by atoms with Crippen molar-refractivity contribution in [2.75, 3.05) is 6.61 Å². The van der Waals surface area contributed by atoms with Crippen molar-refractivity contribution in [1.29, 1.82) is 0 Å². The molecule has 0 saturated heterocycles. The van der Waals surface area contributed by atoms with Crippen LogP contribution in [0, 0.1) is 5.92 Å². The predicted octanol–water partition coefficient (Wildman–Crippen LogP) is 1.51. The second kappa shape index (κ2) is 8.58. The first kappa shape index (κ1) is 17.4. The van der Waals surface area contributed by atoms with Crippen molar-refractivity contribution in [3.8, 4) is 5.75 Å². The Bertz CT molecular complexity index is 520. The van der Waals surface area contributed by atoms with E-state index >= 15 is 0 Å². The van der Waals surface area contributed by atoms with Crippen molar-refractivity contribution in [3.05, 3.63) is 28.7 Å². The molecular weight excluding hydrogens is 358 g/mol. The largest absolute Gasteiger partial charge is 0.484 e. The summed E-state index contributed by atoms with van der Waals surface area (Å²) in [7, 11) is 0. The quantitative estimate of drug-likeness (QED) is 0.550. The second-order valence-corrected chi connectivity index (χ2v) is 5.71. The van der Waals surface area contributed by atoms with Gasteiger partial charge in [-0.1, -0.05) is 29.8 Å². The minimum absolute atomic E-state index is 0.0330. The molecule has 1 aromatic rings. The lowest BCUT2D eigenvalue weighted by atomic mass is 10.2. The van der Waals surface area contributed by atoms with Crippen LogP contribution in [0.25, 0.3) is 0 Å². The smallest absolute Gasteiger partial charge is 0.276 e. The number of thiocarbonyl (C=S) groups is 1. The summed E-state index contributed by atoms with van der Waals surface area (Å²) in [4.78, 5) is 22.9. The Balaban J connectivity index is 2.26. The molecule has 0 aromatic heterocycles. The average molecular weight is 374 g/mol. The van der Waals surface area contributed by atoms with E-state index in [0.29, 0.717) is 5.75 Å². The summed E-state index contributed by atoms with van der Waals surface area (Å²) in [6, 6.07) is 7.08. The molecule has 0 aliphatic rings. The number of halogens is 1. The monoisotopic (exact) mass is 373 g/mol. The van der Waals surface area contributed by atoms with Gasteiger partial charge >= 0.3 is 0 Å². The van der Waals surface area contributed by atoms with Gasteiger partial charge in [0.05, 0.1) is 0 Å². The van der Waals surface area contributed by atoms with Crippen molar-refractivity contribution < 1.29 is 14.3 Å². The number of benzene rings is 1. The van der Waals surface area contributed by atoms with E-state index < -0.39 is 5.91 Å². The first-order chi connectivity index (χ1) is 9.88. The number of amides is 2. The zero-order chi connectivity index (χ0) is 15.8. The van der Waals surface area contributed by atoms with Crippen molar-refractivity contribution >= 4 is 45.1 Å². The highest BCUT2D eigenvalue weighted by molar-refractivity contribution is 9.10. The molecule has 6 nitrogen and oxygen atoms in total. The van der Waals surface area contributed by atoms with Crippen LogP contribution in [-0.4, -0.2) is 23.5 Å². The van der Waals surface area contributed by atoms with Crippen LogP contribution in [0.1, 0.15) is 13.8 Å². The van der Waals surface area contributed by atoms with Gasteiger partial charge in [-0.25, -0.2) is 0 Å². The number of ether oxygens (including phenoxy) is 1. The fourth-order valence-corrected chi connectivity index (χ4v) is 1.55. The van der Waals surface area contributed by atoms with Crippen molar-refractivity contribution in [3.63, 3.8) is 0 Å². The summed E-state index contributed by atoms with van der Waals surface area (Å²) < 4.78 is 6.19. The molecule has 0 bridgehead atoms. The van der Waals surface area contributed by atoms with Gasteiger partial charge in [0, 0.05) is 10.4 Å². The molecule has 0 radical (unpaired) electrons. The Morgan fingerprint density at radius 3 is 2.43 bits per heavy atom. The van der Waals surface area contributed by atoms with Gasteiger partial charge in [0.15, 0.2) is 11.7 Å². The lowest BCUT2D eigenvalue weighted by Crippen LogP contribution is -2.50. The van der Waals surface area contributed by atoms with Crippen molar-refractivity contribution in [2.24, 2.45) is 5.92 Å². The van der Waals surface area contributed by atoms with E-state index in [1.165, 1.54) is 0 Å². The van der Waals surface area contributed by atoms with E-state index in [1.54, 1.807) is 26.0 Å². The highest BCUT2D eigenvalue weighted by Crippen LogP contribution is 2.15. The molecule has 0 spiro atoms. The standard InChI is InChI=1S/C13H16BrN3O3S/c1-8(2)12(19)15-13(21)17-16-11(18)7-20-10-5-3-9(14)4-6-10/h3-6,8H,7H2,1-2H3,(H,16,18)(H2,15,17,19,21). The number of hydrogen-bond acceptors (Lipinski definition) is 4. The maximum atomic E-state index is 11.5. The summed E-state index contributed by atoms with van der Waals surface area (Å²) in [6.45, 7) is 3.31. The number of carbonyl (C=O) groups is 2. The van der Waals surface area contributed by atoms with Gasteiger partial charge in [-0.05, 0) is 36.5 Å². The van der Waals surface area contributed by atoms with Crippen LogP contribution in [0.5, 0.6) is 5.75 Å². The molecule has 0 aliphatic carbocycles. The van der Waals surface area contributed by atoms with Gasteiger partial charge in [-0.3, -0.25) is 20.4 Å². The third kappa shape index (κ3) is 7.05. The Hall–Kier alpha value is -1.67. The zero-order valence-corrected chi connectivity index (χ0v) is 14.0. The molecule has 0 heterocycles. The molecule has 1 aromatic carbocycles. The molecule has 0 fully saturated rings. The van der Waals surface area contributed by atoms with Crippen LogP contribution in [0.4, 0.5) is 0 Å². The summed E-state index contributed by atoms with van der Waals surface area (Å²) in [5, 5.41) is 2.47. The van der Waals surface area contributed by atoms with Gasteiger partial charge < -0.3 is 10.1 Å². The predicted molar refractivity (Wildman–Crippen MR) is 86.5 cm³/mol. The maximum Gasteiger partial charge on any atom is 0.276 e. The van der Waals surface area contributed by atoms with Crippen LogP contribution in [0.15, 0.2) is 28.7 Å². The van der Waals surface area contributed by atoms with Gasteiger partial charge in [-0.15, -0.1) is 0 Å². The summed E-state index contributed by atoms with van der Waals surface area (Å²) >= 11 is 8.16. The number of nitrogens with one attached hydrogen (secondary N) is 3. The van der Waals surface area contributed by atoms with E-state index in [0.717, 1.165) is 4.47 Å². The van der Waals surface area contributed by atoms with Gasteiger partial charge in [-0.2, -0.15) is 0 Å². The maximum absolute atomic E-state index is 11.5. The summed E-state index contributed by atoms with van der Waals surface area (Å²) in [5.74, 6) is -0.267. The molecule has 0 aliphatic heterocycles. The Morgan fingerprint density at radius 1 is 1.24 bits per heavy atom. The Morgan fingerprint density at radius 2 is 1.86 bits per heavy atom. The van der Waals surface area contributed by atoms with Gasteiger partial charge in [0.1, 0.15) is 5.75 Å². The highest BCUT2D eigenvalue weighted by atomic mass is 79.9. The van der Waals surface area contributed by atoms with Crippen molar-refractivity contribution in [2.45, 2.75) is 13.8 Å². The summed E-state index contributed by atoms with van der Waals surface area (Å²) in [5.41, 5.74) is 4.76. The topological polar surface area (TPSA) is 79.5 Å². The first-order valence-electron chi connectivity index (χ1n) is 6.16. The first-order valence-corrected chi connectivity index (χ1v) is 7.36. The number of hydrazine groups is 1. The van der Waals surface area contributed by atoms with Crippen molar-refractivity contribution in [1.82, 2.24) is 16.2 Å². The third-order valence-corrected chi connectivity index (χ3v) is 2.99. The average Bonchev–Trinajstić information content (AvgIpc) is 2.44. The fourth-order valence-electron chi connectivity index (χ4n) is 1.13. The van der Waals surface area contributed by atoms with Crippen LogP contribution < -0.4 is 20.9 Å². The molecule has 114 valence electrons. The molecular formula is C13H16BrN3O3S. The highest BCUT2D eigenvalue weighted by Gasteiger charge is 2.09. The molecule has 0 unspecified atom stereocenters. The van der Waals surface area contributed by atoms with E-state index in [-0.39, 0.29) is 23.5 Å². The molecule has 0 atom stereocenters. The fraction of sp³-hybridized carbons (Fsp3) is 0.308. The molecule has 8 heteroatoms. The van der Waals surface area contributed by atoms with Gasteiger partial charge in [0.25, 0.3) is 5.91 Å². The normalized spacial score (nSPS) is 9.90. The van der Waals surface area contributed by atoms with Gasteiger partial charge in [0.2, 0.25) is 5.91 Å². The van der Waals surface area contributed by atoms with Crippen LogP contribution in [0.2, 0.25) is 0 Å². The van der Waals surface area contributed by atoms with E-state index in [9.17, 15) is 9.59 Å². The second-order valence-electron chi connectivity index (χ2n) is 4.39. The Labute approximate surface area is 136 Å². The van der Waals surface area contributed by atoms with Crippen LogP contribution in [-0.2, 0) is 9.59 Å². The number of hydrogen-bond donors (Lipinski definition) is 3. The number of rotatable bonds is 4. The Kier molecular flexibility index (Phi) is 7.10. The minimum atomic E-state index is -0.418. The minimum Gasteiger partial charge on any atom is -0.484 e. The molecule has 3 N–H and O–H groups in total. The molecule has 0 saturated carbocycles. The van der Waals surface area contributed by atoms with E-state index in [1.807, 2.05) is 12.1 Å². The molecule has 21 heavy (non-hydrogen) atoms. The SMILES string of the molecule is CC(C)C(=O)NC(=S)NNC(=O)COc1ccc(Br)cc1. The van der Waals surface area contributed by atoms with Crippen LogP contribution >= 0.6 is 28.1 Å². The number of carbonyl (C=O) groups excluding carboxylic acids is 2. The zero-order valence-electron chi connectivity index (χ0n) is 11.6. The van der Waals surface area contributed by atoms with E-state index in [2.05, 4.69) is 32.1 Å². The summed E-state index contributed by atoms with van der Waals surface area (Å²) in [6.07, 6.45) is 0. The molecule has 2 amide bonds. The molecule has 1 rings (SSSR count). The van der Waals surface area contributed by atoms with E-state index in [4.69, 9.17) is 17.0 Å². The third-order valence-electron chi connectivity index (χ3n) is 2.26. The lowest BCUT2D eigenvalue weighted by Gasteiger charge is -2.12. The lowest BCUT2D eigenvalue weighted by molar-refractivity contribution is -0.124. The van der Waals surface area contributed by atoms with Crippen LogP contribution in [0.3, 0.4) is 0 Å².